The van der Waals surface area contributed by atoms with E-state index in [0.29, 0.717) is 31.7 Å². The number of esters is 1. The van der Waals surface area contributed by atoms with Crippen LogP contribution in [-0.4, -0.2) is 37.7 Å². The molecule has 0 unspecified atom stereocenters. The lowest BCUT2D eigenvalue weighted by atomic mass is 9.84. The highest BCUT2D eigenvalue weighted by Crippen LogP contribution is 2.26. The summed E-state index contributed by atoms with van der Waals surface area (Å²) in [6, 6.07) is 7.14. The summed E-state index contributed by atoms with van der Waals surface area (Å²) in [5, 5.41) is 2.84. The van der Waals surface area contributed by atoms with Crippen molar-refractivity contribution in [2.24, 2.45) is 5.73 Å². The van der Waals surface area contributed by atoms with Gasteiger partial charge in [0.05, 0.1) is 12.5 Å². The number of halogens is 1. The molecule has 6 nitrogen and oxygen atoms in total. The summed E-state index contributed by atoms with van der Waals surface area (Å²) in [6.07, 6.45) is 1.01. The first-order chi connectivity index (χ1) is 10.8. The molecule has 0 bridgehead atoms. The molecule has 3 N–H and O–H groups in total. The van der Waals surface area contributed by atoms with E-state index in [4.69, 9.17) is 15.2 Å². The summed E-state index contributed by atoms with van der Waals surface area (Å²) in [5.41, 5.74) is 5.99. The number of anilines is 1. The van der Waals surface area contributed by atoms with E-state index in [9.17, 15) is 9.59 Å². The number of rotatable bonds is 4. The van der Waals surface area contributed by atoms with Gasteiger partial charge < -0.3 is 20.5 Å². The van der Waals surface area contributed by atoms with Crippen molar-refractivity contribution < 1.29 is 19.1 Å². The molecule has 2 rings (SSSR count). The van der Waals surface area contributed by atoms with Gasteiger partial charge in [0.25, 0.3) is 0 Å². The third kappa shape index (κ3) is 4.26. The van der Waals surface area contributed by atoms with Gasteiger partial charge in [-0.15, -0.1) is 12.4 Å². The minimum absolute atomic E-state index is 0. The van der Waals surface area contributed by atoms with Crippen molar-refractivity contribution in [2.75, 3.05) is 25.6 Å². The van der Waals surface area contributed by atoms with Crippen LogP contribution < -0.4 is 11.1 Å². The maximum atomic E-state index is 12.4. The van der Waals surface area contributed by atoms with Gasteiger partial charge in [0.15, 0.2) is 0 Å². The molecule has 1 fully saturated rings. The lowest BCUT2D eigenvalue weighted by Crippen LogP contribution is -2.54. The molecule has 1 amide bonds. The van der Waals surface area contributed by atoms with Gasteiger partial charge in [-0.25, -0.2) is 0 Å². The second-order valence-corrected chi connectivity index (χ2v) is 6.42. The Balaban J connectivity index is 0.00000288. The average Bonchev–Trinajstić information content (AvgIpc) is 2.55. The third-order valence-electron chi connectivity index (χ3n) is 4.40. The molecule has 0 saturated carbocycles. The molecule has 24 heavy (non-hydrogen) atoms. The Bertz CT molecular complexity index is 581. The third-order valence-corrected chi connectivity index (χ3v) is 4.40. The minimum Gasteiger partial charge on any atom is -0.468 e. The molecule has 134 valence electrons. The molecule has 0 spiro atoms. The largest absolute Gasteiger partial charge is 0.468 e. The molecular weight excluding hydrogens is 332 g/mol. The Kier molecular flexibility index (Phi) is 6.77. The van der Waals surface area contributed by atoms with Crippen LogP contribution in [0.3, 0.4) is 0 Å². The van der Waals surface area contributed by atoms with E-state index in [1.54, 1.807) is 38.1 Å². The number of nitrogens with one attached hydrogen (secondary N) is 1. The average molecular weight is 357 g/mol. The summed E-state index contributed by atoms with van der Waals surface area (Å²) in [6.45, 7) is 4.58. The second-order valence-electron chi connectivity index (χ2n) is 6.42. The van der Waals surface area contributed by atoms with E-state index >= 15 is 0 Å². The van der Waals surface area contributed by atoms with Crippen LogP contribution in [0.5, 0.6) is 0 Å². The van der Waals surface area contributed by atoms with Crippen LogP contribution in [-0.2, 0) is 24.5 Å². The van der Waals surface area contributed by atoms with Crippen LogP contribution in [0.2, 0.25) is 0 Å². The summed E-state index contributed by atoms with van der Waals surface area (Å²) in [5.74, 6) is -0.516. The molecule has 0 aromatic heterocycles. The van der Waals surface area contributed by atoms with Crippen LogP contribution in [0.25, 0.3) is 0 Å². The number of hydrogen-bond donors (Lipinski definition) is 2. The molecule has 0 aliphatic carbocycles. The smallest absolute Gasteiger partial charge is 0.315 e. The molecule has 0 radical (unpaired) electrons. The zero-order valence-electron chi connectivity index (χ0n) is 14.3. The van der Waals surface area contributed by atoms with E-state index in [0.717, 1.165) is 5.56 Å². The highest BCUT2D eigenvalue weighted by atomic mass is 35.5. The number of carbonyl (C=O) groups excluding carboxylic acids is 2. The number of carbonyl (C=O) groups is 2. The van der Waals surface area contributed by atoms with Crippen LogP contribution in [0.4, 0.5) is 5.69 Å². The molecule has 7 heteroatoms. The van der Waals surface area contributed by atoms with Crippen molar-refractivity contribution in [2.45, 2.75) is 37.6 Å². The Hall–Kier alpha value is -1.63. The molecule has 1 aromatic rings. The first-order valence-electron chi connectivity index (χ1n) is 7.67. The zero-order chi connectivity index (χ0) is 17.1. The monoisotopic (exact) mass is 356 g/mol. The Labute approximate surface area is 148 Å². The number of benzene rings is 1. The quantitative estimate of drug-likeness (QED) is 0.805. The summed E-state index contributed by atoms with van der Waals surface area (Å²) >= 11 is 0. The molecule has 1 aliphatic heterocycles. The summed E-state index contributed by atoms with van der Waals surface area (Å²) in [7, 11) is 1.37. The molecule has 1 aliphatic rings. The van der Waals surface area contributed by atoms with Crippen LogP contribution in [0.1, 0.15) is 32.3 Å². The predicted molar refractivity (Wildman–Crippen MR) is 94.3 cm³/mol. The second kappa shape index (κ2) is 7.96. The maximum absolute atomic E-state index is 12.4. The van der Waals surface area contributed by atoms with Crippen LogP contribution in [0.15, 0.2) is 24.3 Å². The molecule has 1 aromatic carbocycles. The van der Waals surface area contributed by atoms with Crippen molar-refractivity contribution in [3.8, 4) is 0 Å². The molecule has 1 saturated heterocycles. The van der Waals surface area contributed by atoms with Gasteiger partial charge in [0.2, 0.25) is 5.91 Å². The van der Waals surface area contributed by atoms with E-state index in [1.807, 2.05) is 0 Å². The van der Waals surface area contributed by atoms with Gasteiger partial charge in [-0.1, -0.05) is 12.1 Å². The fraction of sp³-hybridized carbons (Fsp3) is 0.529. The molecular formula is C17H25ClN2O4. The highest BCUT2D eigenvalue weighted by Gasteiger charge is 2.36. The lowest BCUT2D eigenvalue weighted by Gasteiger charge is -2.31. The lowest BCUT2D eigenvalue weighted by molar-refractivity contribution is -0.146. The summed E-state index contributed by atoms with van der Waals surface area (Å²) < 4.78 is 10.1. The maximum Gasteiger partial charge on any atom is 0.315 e. The van der Waals surface area contributed by atoms with Crippen LogP contribution >= 0.6 is 12.4 Å². The van der Waals surface area contributed by atoms with E-state index in [-0.39, 0.29) is 24.3 Å². The number of ether oxygens (including phenoxy) is 2. The highest BCUT2D eigenvalue weighted by molar-refractivity contribution is 5.98. The van der Waals surface area contributed by atoms with E-state index in [1.165, 1.54) is 7.11 Å². The van der Waals surface area contributed by atoms with Gasteiger partial charge >= 0.3 is 5.97 Å². The van der Waals surface area contributed by atoms with Crippen molar-refractivity contribution in [3.05, 3.63) is 29.8 Å². The SMILES string of the molecule is COC(=O)C(C)(C)c1ccc(NC(=O)C2(N)CCOCC2)cc1.Cl. The fourth-order valence-electron chi connectivity index (χ4n) is 2.56. The van der Waals surface area contributed by atoms with Crippen molar-refractivity contribution in [1.82, 2.24) is 0 Å². The normalized spacial score (nSPS) is 16.7. The van der Waals surface area contributed by atoms with Crippen LogP contribution in [0, 0.1) is 0 Å². The van der Waals surface area contributed by atoms with Gasteiger partial charge in [-0.3, -0.25) is 9.59 Å². The van der Waals surface area contributed by atoms with Gasteiger partial charge in [0, 0.05) is 18.9 Å². The first-order valence-corrected chi connectivity index (χ1v) is 7.67. The number of methoxy groups -OCH3 is 1. The number of hydrogen-bond acceptors (Lipinski definition) is 5. The van der Waals surface area contributed by atoms with E-state index < -0.39 is 11.0 Å². The van der Waals surface area contributed by atoms with E-state index in [2.05, 4.69) is 5.32 Å². The Morgan fingerprint density at radius 1 is 1.21 bits per heavy atom. The minimum atomic E-state index is -0.887. The zero-order valence-corrected chi connectivity index (χ0v) is 15.1. The Morgan fingerprint density at radius 3 is 2.25 bits per heavy atom. The number of amides is 1. The summed E-state index contributed by atoms with van der Waals surface area (Å²) in [4.78, 5) is 24.2. The predicted octanol–water partition coefficient (Wildman–Crippen LogP) is 2.01. The van der Waals surface area contributed by atoms with Crippen molar-refractivity contribution >= 4 is 30.0 Å². The fourth-order valence-corrected chi connectivity index (χ4v) is 2.56. The van der Waals surface area contributed by atoms with Gasteiger partial charge in [-0.05, 0) is 44.4 Å². The number of nitrogens with two attached hydrogens (primary N) is 1. The van der Waals surface area contributed by atoms with Gasteiger partial charge in [-0.2, -0.15) is 0 Å². The molecule has 0 atom stereocenters. The Morgan fingerprint density at radius 2 is 1.75 bits per heavy atom. The van der Waals surface area contributed by atoms with Crippen molar-refractivity contribution in [3.63, 3.8) is 0 Å². The topological polar surface area (TPSA) is 90.7 Å². The van der Waals surface area contributed by atoms with Gasteiger partial charge in [0.1, 0.15) is 5.54 Å². The molecule has 1 heterocycles. The first kappa shape index (κ1) is 20.4. The van der Waals surface area contributed by atoms with Crippen molar-refractivity contribution in [1.29, 1.82) is 0 Å². The standard InChI is InChI=1S/C17H24N2O4.ClH/c1-16(2,15(21)22-3)12-4-6-13(7-5-12)19-14(20)17(18)8-10-23-11-9-17;/h4-7H,8-11,18H2,1-3H3,(H,19,20);1H.